The van der Waals surface area contributed by atoms with Gasteiger partial charge in [-0.05, 0) is 55.7 Å². The van der Waals surface area contributed by atoms with E-state index in [0.29, 0.717) is 0 Å². The number of alkyl carbamates (subject to hydrolysis) is 1. The summed E-state index contributed by atoms with van der Waals surface area (Å²) in [5.74, 6) is -3.28. The van der Waals surface area contributed by atoms with Gasteiger partial charge in [0.05, 0.1) is 18.2 Å². The molecule has 1 aromatic rings. The first-order valence-corrected chi connectivity index (χ1v) is 20.3. The van der Waals surface area contributed by atoms with Crippen LogP contribution in [0.15, 0.2) is 30.3 Å². The zero-order chi connectivity index (χ0) is 31.2. The Kier molecular flexibility index (Phi) is 9.65. The number of hydrogen-bond donors (Lipinski definition) is 2. The number of carboxylic acids is 1. The summed E-state index contributed by atoms with van der Waals surface area (Å²) < 4.78 is 32.2. The molecule has 1 heterocycles. The first-order chi connectivity index (χ1) is 18.6. The number of carbonyl (C=O) groups is 2. The molecule has 41 heavy (non-hydrogen) atoms. The number of benzene rings is 1. The maximum Gasteiger partial charge on any atom is 0.407 e. The van der Waals surface area contributed by atoms with Crippen molar-refractivity contribution in [1.29, 1.82) is 0 Å². The average Bonchev–Trinajstić information content (AvgIpc) is 3.14. The summed E-state index contributed by atoms with van der Waals surface area (Å²) in [6.07, 6.45) is -3.78. The highest BCUT2D eigenvalue weighted by atomic mass is 28.4. The van der Waals surface area contributed by atoms with Gasteiger partial charge in [0.1, 0.15) is 24.7 Å². The molecule has 2 N–H and O–H groups in total. The van der Waals surface area contributed by atoms with Crippen molar-refractivity contribution < 1.29 is 37.8 Å². The van der Waals surface area contributed by atoms with Crippen LogP contribution in [0.25, 0.3) is 0 Å². The van der Waals surface area contributed by atoms with Crippen LogP contribution >= 0.6 is 0 Å². The molecule has 1 aromatic carbocycles. The van der Waals surface area contributed by atoms with E-state index in [9.17, 15) is 14.7 Å². The van der Waals surface area contributed by atoms with E-state index in [1.165, 1.54) is 0 Å². The first kappa shape index (κ1) is 33.7. The molecule has 2 fully saturated rings. The number of rotatable bonds is 8. The van der Waals surface area contributed by atoms with Crippen LogP contribution in [-0.4, -0.2) is 70.0 Å². The summed E-state index contributed by atoms with van der Waals surface area (Å²) in [5.41, 5.74) is 0.822. The standard InChI is InChI=1S/C30H51NO8Si2/c1-28(2,3)40(9,10)38-22-20(26(32)33)21(31-27(34)35-18-19-16-14-13-15-17-19)23-24(37-30(7,8)36-23)25(22)39-41(11,12)29(4,5)6/h13-17,20-25H,18H2,1-12H3,(H,31,34)(H,32,33)/t20-,21-,22-,23+,24+,25+/m1/s1. The molecule has 0 aromatic heterocycles. The molecule has 0 unspecified atom stereocenters. The van der Waals surface area contributed by atoms with Crippen LogP contribution in [0, 0.1) is 5.92 Å². The molecule has 1 saturated heterocycles. The van der Waals surface area contributed by atoms with Gasteiger partial charge < -0.3 is 33.5 Å². The number of amides is 1. The van der Waals surface area contributed by atoms with Gasteiger partial charge in [0.25, 0.3) is 0 Å². The highest BCUT2D eigenvalue weighted by molar-refractivity contribution is 6.74. The van der Waals surface area contributed by atoms with Crippen LogP contribution in [0.1, 0.15) is 61.0 Å². The van der Waals surface area contributed by atoms with Gasteiger partial charge in [-0.2, -0.15) is 0 Å². The zero-order valence-electron chi connectivity index (χ0n) is 26.9. The summed E-state index contributed by atoms with van der Waals surface area (Å²) >= 11 is 0. The minimum Gasteiger partial charge on any atom is -0.481 e. The maximum absolute atomic E-state index is 13.1. The molecule has 1 amide bonds. The Morgan fingerprint density at radius 1 is 0.878 bits per heavy atom. The van der Waals surface area contributed by atoms with Crippen molar-refractivity contribution in [3.05, 3.63) is 35.9 Å². The van der Waals surface area contributed by atoms with Crippen molar-refractivity contribution >= 4 is 28.7 Å². The van der Waals surface area contributed by atoms with E-state index in [-0.39, 0.29) is 16.7 Å². The molecule has 0 spiro atoms. The number of fused-ring (bicyclic) bond motifs is 1. The fraction of sp³-hybridized carbons (Fsp3) is 0.733. The Bertz CT molecular complexity index is 1080. The molecule has 1 saturated carbocycles. The van der Waals surface area contributed by atoms with Gasteiger partial charge in [-0.15, -0.1) is 0 Å². The van der Waals surface area contributed by atoms with Crippen molar-refractivity contribution in [2.45, 2.75) is 135 Å². The lowest BCUT2D eigenvalue weighted by molar-refractivity contribution is -0.166. The molecule has 2 aliphatic rings. The normalized spacial score (nSPS) is 28.6. The minimum absolute atomic E-state index is 0.0507. The summed E-state index contributed by atoms with van der Waals surface area (Å²) in [6.45, 7) is 24.8. The fourth-order valence-electron chi connectivity index (χ4n) is 4.82. The van der Waals surface area contributed by atoms with Crippen molar-refractivity contribution in [2.75, 3.05) is 0 Å². The molecule has 1 aliphatic carbocycles. The monoisotopic (exact) mass is 609 g/mol. The molecule has 9 nitrogen and oxygen atoms in total. The zero-order valence-corrected chi connectivity index (χ0v) is 28.9. The summed E-state index contributed by atoms with van der Waals surface area (Å²) in [4.78, 5) is 26.2. The number of hydrogen-bond acceptors (Lipinski definition) is 7. The SMILES string of the molecule is CC1(C)O[C@@H]2[C@@H](O[Si](C)(C)C(C)(C)C)[C@H](O[Si](C)(C)C(C)(C)C)[C@H](C(=O)O)[C@@H](NC(=O)OCc3ccccc3)[C@@H]2O1. The molecule has 1 aliphatic heterocycles. The lowest BCUT2D eigenvalue weighted by Crippen LogP contribution is -2.70. The highest BCUT2D eigenvalue weighted by Gasteiger charge is 2.64. The van der Waals surface area contributed by atoms with Gasteiger partial charge in [0.15, 0.2) is 22.4 Å². The number of ether oxygens (including phenoxy) is 3. The van der Waals surface area contributed by atoms with Gasteiger partial charge in [0, 0.05) is 0 Å². The fourth-order valence-corrected chi connectivity index (χ4v) is 7.44. The minimum atomic E-state index is -2.52. The van der Waals surface area contributed by atoms with Crippen molar-refractivity contribution in [3.63, 3.8) is 0 Å². The first-order valence-electron chi connectivity index (χ1n) is 14.5. The smallest absolute Gasteiger partial charge is 0.407 e. The number of aliphatic carboxylic acids is 1. The number of carbonyl (C=O) groups excluding carboxylic acids is 1. The Labute approximate surface area is 247 Å². The average molecular weight is 610 g/mol. The molecular formula is C30H51NO8Si2. The molecule has 11 heteroatoms. The second kappa shape index (κ2) is 11.7. The van der Waals surface area contributed by atoms with Crippen LogP contribution in [0.4, 0.5) is 4.79 Å². The van der Waals surface area contributed by atoms with Crippen molar-refractivity contribution in [2.24, 2.45) is 5.92 Å². The lowest BCUT2D eigenvalue weighted by atomic mass is 9.77. The van der Waals surface area contributed by atoms with E-state index < -0.39 is 70.9 Å². The topological polar surface area (TPSA) is 113 Å². The summed E-state index contributed by atoms with van der Waals surface area (Å²) in [5, 5.41) is 13.2. The van der Waals surface area contributed by atoms with E-state index in [4.69, 9.17) is 23.1 Å². The van der Waals surface area contributed by atoms with E-state index in [2.05, 4.69) is 73.0 Å². The molecule has 6 atom stereocenters. The van der Waals surface area contributed by atoms with Crippen LogP contribution in [0.2, 0.25) is 36.3 Å². The second-order valence-corrected chi connectivity index (χ2v) is 24.4. The quantitative estimate of drug-likeness (QED) is 0.331. The predicted molar refractivity (Wildman–Crippen MR) is 163 cm³/mol. The maximum atomic E-state index is 13.1. The second-order valence-electron chi connectivity index (χ2n) is 14.8. The van der Waals surface area contributed by atoms with Crippen LogP contribution < -0.4 is 5.32 Å². The molecule has 3 rings (SSSR count). The molecule has 0 radical (unpaired) electrons. The molecular weight excluding hydrogens is 559 g/mol. The third-order valence-corrected chi connectivity index (χ3v) is 18.1. The lowest BCUT2D eigenvalue weighted by Gasteiger charge is -2.52. The van der Waals surface area contributed by atoms with E-state index in [1.807, 2.05) is 30.3 Å². The molecule has 232 valence electrons. The van der Waals surface area contributed by atoms with Gasteiger partial charge >= 0.3 is 12.1 Å². The van der Waals surface area contributed by atoms with Crippen molar-refractivity contribution in [1.82, 2.24) is 5.32 Å². The van der Waals surface area contributed by atoms with Gasteiger partial charge in [-0.25, -0.2) is 4.79 Å². The third-order valence-electron chi connectivity index (χ3n) is 9.16. The van der Waals surface area contributed by atoms with Crippen LogP contribution in [0.5, 0.6) is 0 Å². The predicted octanol–water partition coefficient (Wildman–Crippen LogP) is 6.30. The number of carboxylic acid groups (broad SMARTS) is 1. The highest BCUT2D eigenvalue weighted by Crippen LogP contribution is 2.48. The summed E-state index contributed by atoms with van der Waals surface area (Å²) in [6, 6.07) is 8.34. The van der Waals surface area contributed by atoms with E-state index >= 15 is 0 Å². The largest absolute Gasteiger partial charge is 0.481 e. The van der Waals surface area contributed by atoms with Crippen LogP contribution in [-0.2, 0) is 34.5 Å². The number of nitrogens with one attached hydrogen (secondary N) is 1. The third kappa shape index (κ3) is 7.61. The van der Waals surface area contributed by atoms with Gasteiger partial charge in [-0.3, -0.25) is 4.79 Å². The van der Waals surface area contributed by atoms with Crippen molar-refractivity contribution in [3.8, 4) is 0 Å². The Morgan fingerprint density at radius 3 is 1.85 bits per heavy atom. The molecule has 0 bridgehead atoms. The Balaban J connectivity index is 2.06. The Hall–Kier alpha value is -1.77. The van der Waals surface area contributed by atoms with Gasteiger partial charge in [0.2, 0.25) is 0 Å². The summed E-state index contributed by atoms with van der Waals surface area (Å²) in [7, 11) is -4.96. The van der Waals surface area contributed by atoms with Crippen LogP contribution in [0.3, 0.4) is 0 Å². The van der Waals surface area contributed by atoms with Gasteiger partial charge in [-0.1, -0.05) is 71.9 Å². The van der Waals surface area contributed by atoms with E-state index in [1.54, 1.807) is 13.8 Å². The van der Waals surface area contributed by atoms with E-state index in [0.717, 1.165) is 5.56 Å². The Morgan fingerprint density at radius 2 is 1.37 bits per heavy atom.